The fourth-order valence-electron chi connectivity index (χ4n) is 4.79. The molecule has 1 unspecified atom stereocenters. The van der Waals surface area contributed by atoms with E-state index >= 15 is 0 Å². The molecular formula is C23H23ClN6O9P2. The number of hydrogen-bond acceptors (Lipinski definition) is 10. The summed E-state index contributed by atoms with van der Waals surface area (Å²) < 4.78 is 34.8. The fourth-order valence-corrected chi connectivity index (χ4v) is 7.52. The molecule has 0 aliphatic carbocycles. The van der Waals surface area contributed by atoms with E-state index in [9.17, 15) is 24.2 Å². The minimum Gasteiger partial charge on any atom is -0.387 e. The monoisotopic (exact) mass is 624 g/mol. The number of nitrogens with zero attached hydrogens (tertiary/aromatic N) is 4. The molecule has 1 saturated heterocycles. The number of fused-ring (bicyclic) bond motifs is 4. The maximum absolute atomic E-state index is 12.0. The maximum Gasteiger partial charge on any atom is 0.340 e. The van der Waals surface area contributed by atoms with Crippen LogP contribution in [0.1, 0.15) is 6.23 Å². The van der Waals surface area contributed by atoms with Gasteiger partial charge in [-0.25, -0.2) is 4.98 Å². The smallest absolute Gasteiger partial charge is 0.340 e. The highest BCUT2D eigenvalue weighted by molar-refractivity contribution is 7.70. The fraction of sp³-hybridized carbons (Fsp3) is 0.261. The highest BCUT2D eigenvalue weighted by atomic mass is 35.5. The van der Waals surface area contributed by atoms with Crippen molar-refractivity contribution >= 4 is 71.3 Å². The van der Waals surface area contributed by atoms with Gasteiger partial charge in [-0.1, -0.05) is 18.2 Å². The van der Waals surface area contributed by atoms with Gasteiger partial charge in [-0.05, 0) is 35.9 Å². The number of aliphatic hydroxyl groups excluding tert-OH is 2. The van der Waals surface area contributed by atoms with Crippen molar-refractivity contribution in [2.45, 2.75) is 24.5 Å². The number of nitrogens with one attached hydrogen (secondary N) is 2. The van der Waals surface area contributed by atoms with Crippen LogP contribution in [-0.4, -0.2) is 80.2 Å². The average Bonchev–Trinajstić information content (AvgIpc) is 3.55. The minimum atomic E-state index is -4.85. The largest absolute Gasteiger partial charge is 0.387 e. The van der Waals surface area contributed by atoms with Gasteiger partial charge in [-0.2, -0.15) is 9.97 Å². The van der Waals surface area contributed by atoms with Crippen molar-refractivity contribution < 1.29 is 43.3 Å². The number of H-pyrrole nitrogens is 1. The Hall–Kier alpha value is -2.94. The minimum absolute atomic E-state index is 0.138. The Morgan fingerprint density at radius 3 is 2.59 bits per heavy atom. The van der Waals surface area contributed by atoms with E-state index in [1.807, 2.05) is 42.5 Å². The van der Waals surface area contributed by atoms with Gasteiger partial charge in [0.15, 0.2) is 29.1 Å². The Bertz CT molecular complexity index is 1880. The molecule has 7 N–H and O–H groups in total. The summed E-state index contributed by atoms with van der Waals surface area (Å²) in [5.74, 6) is -1.14. The van der Waals surface area contributed by atoms with Crippen LogP contribution in [0.3, 0.4) is 0 Å². The predicted molar refractivity (Wildman–Crippen MR) is 148 cm³/mol. The zero-order valence-corrected chi connectivity index (χ0v) is 23.3. The molecule has 6 rings (SSSR count). The molecule has 41 heavy (non-hydrogen) atoms. The highest BCUT2D eigenvalue weighted by Gasteiger charge is 2.45. The second kappa shape index (κ2) is 10.4. The van der Waals surface area contributed by atoms with Crippen molar-refractivity contribution in [3.8, 4) is 0 Å². The van der Waals surface area contributed by atoms with Gasteiger partial charge in [-0.15, -0.1) is 0 Å². The first kappa shape index (κ1) is 28.2. The number of halogens is 1. The summed E-state index contributed by atoms with van der Waals surface area (Å²) in [6.07, 6.45) is -4.40. The summed E-state index contributed by atoms with van der Waals surface area (Å²) in [6, 6.07) is 13.6. The molecule has 0 bridgehead atoms. The van der Waals surface area contributed by atoms with Crippen LogP contribution in [0.2, 0.25) is 5.28 Å². The SMILES string of the molecule is O=P(O)(O)CP(=O)(O)OC[C@H]1O[C@@H](n2cnc3c(Nc4ccc5[nH]c6ccccc6c5c4)nc(Cl)nc32)[C@@H](O)[C@H]1O. The van der Waals surface area contributed by atoms with E-state index in [4.69, 9.17) is 30.6 Å². The molecule has 3 aromatic heterocycles. The van der Waals surface area contributed by atoms with Crippen molar-refractivity contribution in [2.24, 2.45) is 0 Å². The molecule has 216 valence electrons. The quantitative estimate of drug-likeness (QED) is 0.0975. The van der Waals surface area contributed by atoms with Gasteiger partial charge < -0.3 is 44.5 Å². The Morgan fingerprint density at radius 2 is 1.80 bits per heavy atom. The third kappa shape index (κ3) is 5.62. The first-order chi connectivity index (χ1) is 19.4. The molecule has 5 aromatic rings. The summed E-state index contributed by atoms with van der Waals surface area (Å²) >= 11 is 6.22. The first-order valence-corrected chi connectivity index (χ1v) is 16.0. The van der Waals surface area contributed by atoms with E-state index < -0.39 is 52.2 Å². The second-order valence-electron chi connectivity index (χ2n) is 9.51. The van der Waals surface area contributed by atoms with E-state index in [1.165, 1.54) is 10.9 Å². The lowest BCUT2D eigenvalue weighted by Gasteiger charge is -2.18. The van der Waals surface area contributed by atoms with Crippen LogP contribution in [0.25, 0.3) is 33.0 Å². The number of benzene rings is 2. The molecule has 5 atom stereocenters. The van der Waals surface area contributed by atoms with Crippen LogP contribution in [-0.2, 0) is 18.4 Å². The second-order valence-corrected chi connectivity index (χ2v) is 13.8. The van der Waals surface area contributed by atoms with Gasteiger partial charge >= 0.3 is 15.2 Å². The van der Waals surface area contributed by atoms with E-state index in [0.29, 0.717) is 5.69 Å². The normalized spacial score (nSPS) is 23.0. The van der Waals surface area contributed by atoms with Crippen molar-refractivity contribution in [3.05, 3.63) is 54.1 Å². The Labute approximate surface area is 235 Å². The van der Waals surface area contributed by atoms with E-state index in [0.717, 1.165) is 21.8 Å². The van der Waals surface area contributed by atoms with Crippen molar-refractivity contribution in [2.75, 3.05) is 17.8 Å². The van der Waals surface area contributed by atoms with Gasteiger partial charge in [0.25, 0.3) is 0 Å². The number of imidazole rings is 1. The van der Waals surface area contributed by atoms with Crippen LogP contribution in [0, 0.1) is 0 Å². The number of para-hydroxylation sites is 1. The van der Waals surface area contributed by atoms with Crippen molar-refractivity contribution in [1.82, 2.24) is 24.5 Å². The van der Waals surface area contributed by atoms with E-state index in [1.54, 1.807) is 0 Å². The Kier molecular flexibility index (Phi) is 7.15. The molecular weight excluding hydrogens is 602 g/mol. The highest BCUT2D eigenvalue weighted by Crippen LogP contribution is 2.55. The molecule has 0 amide bonds. The molecule has 0 radical (unpaired) electrons. The molecule has 1 fully saturated rings. The third-order valence-electron chi connectivity index (χ3n) is 6.58. The van der Waals surface area contributed by atoms with Crippen LogP contribution in [0.5, 0.6) is 0 Å². The van der Waals surface area contributed by atoms with Crippen LogP contribution < -0.4 is 5.32 Å². The molecule has 4 heterocycles. The first-order valence-electron chi connectivity index (χ1n) is 12.1. The number of aromatic nitrogens is 5. The van der Waals surface area contributed by atoms with Gasteiger partial charge in [0.1, 0.15) is 18.3 Å². The zero-order valence-electron chi connectivity index (χ0n) is 20.8. The lowest BCUT2D eigenvalue weighted by atomic mass is 10.1. The molecule has 18 heteroatoms. The summed E-state index contributed by atoms with van der Waals surface area (Å²) in [7, 11) is -9.55. The summed E-state index contributed by atoms with van der Waals surface area (Å²) in [6.45, 7) is -0.728. The zero-order chi connectivity index (χ0) is 29.1. The van der Waals surface area contributed by atoms with Crippen molar-refractivity contribution in [3.63, 3.8) is 0 Å². The standard InChI is InChI=1S/C23H23ClN6O9P2/c24-23-28-20(26-11-5-6-15-13(7-11)12-3-1-2-4-14(12)27-15)17-21(29-23)30(9-25-17)22-19(32)18(31)16(39-22)8-38-41(36,37)10-40(33,34)35/h1-7,9,16,18-19,22,27,31-32H,8,10H2,(H,36,37)(H,26,28,29)(H2,33,34,35)/t16-,18+,19+,22-/m1/s1. The van der Waals surface area contributed by atoms with Crippen LogP contribution in [0.15, 0.2) is 48.8 Å². The number of aliphatic hydroxyl groups is 2. The van der Waals surface area contributed by atoms with Crippen LogP contribution in [0.4, 0.5) is 11.5 Å². The summed E-state index contributed by atoms with van der Waals surface area (Å²) in [5.41, 5.74) is 3.08. The van der Waals surface area contributed by atoms with E-state index in [-0.39, 0.29) is 22.3 Å². The summed E-state index contributed by atoms with van der Waals surface area (Å²) in [5, 5.41) is 26.3. The van der Waals surface area contributed by atoms with Crippen LogP contribution >= 0.6 is 26.8 Å². The average molecular weight is 625 g/mol. The predicted octanol–water partition coefficient (Wildman–Crippen LogP) is 2.81. The van der Waals surface area contributed by atoms with Crippen molar-refractivity contribution in [1.29, 1.82) is 0 Å². The molecule has 15 nitrogen and oxygen atoms in total. The lowest BCUT2D eigenvalue weighted by Crippen LogP contribution is -2.33. The summed E-state index contributed by atoms with van der Waals surface area (Å²) in [4.78, 5) is 43.8. The van der Waals surface area contributed by atoms with E-state index in [2.05, 4.69) is 25.3 Å². The molecule has 1 aliphatic heterocycles. The number of aromatic amines is 1. The lowest BCUT2D eigenvalue weighted by molar-refractivity contribution is -0.0483. The molecule has 1 aliphatic rings. The number of rotatable bonds is 8. The number of hydrogen-bond donors (Lipinski definition) is 7. The Balaban J connectivity index is 1.26. The number of ether oxygens (including phenoxy) is 1. The van der Waals surface area contributed by atoms with Gasteiger partial charge in [0.05, 0.1) is 12.9 Å². The number of anilines is 2. The van der Waals surface area contributed by atoms with Gasteiger partial charge in [-0.3, -0.25) is 13.7 Å². The third-order valence-corrected chi connectivity index (χ3v) is 10.2. The van der Waals surface area contributed by atoms with Gasteiger partial charge in [0.2, 0.25) is 5.28 Å². The Morgan fingerprint density at radius 1 is 1.05 bits per heavy atom. The maximum atomic E-state index is 12.0. The molecule has 0 spiro atoms. The molecule has 2 aromatic carbocycles. The molecule has 0 saturated carbocycles. The van der Waals surface area contributed by atoms with Gasteiger partial charge in [0, 0.05) is 27.5 Å². The topological polar surface area (TPSA) is 225 Å².